The monoisotopic (exact) mass is 207 g/mol. The molecule has 82 valence electrons. The summed E-state index contributed by atoms with van der Waals surface area (Å²) >= 11 is 0. The molecule has 2 rings (SSSR count). The van der Waals surface area contributed by atoms with Gasteiger partial charge in [0.15, 0.2) is 0 Å². The molecule has 0 bridgehead atoms. The lowest BCUT2D eigenvalue weighted by Gasteiger charge is -2.28. The first-order chi connectivity index (χ1) is 7.16. The second-order valence-electron chi connectivity index (χ2n) is 4.29. The van der Waals surface area contributed by atoms with Gasteiger partial charge in [-0.15, -0.1) is 0 Å². The Balaban J connectivity index is 2.15. The maximum atomic E-state index is 9.70. The van der Waals surface area contributed by atoms with Gasteiger partial charge in [0.05, 0.1) is 0 Å². The van der Waals surface area contributed by atoms with Crippen LogP contribution in [-0.2, 0) is 6.42 Å². The Bertz CT molecular complexity index is 349. The number of hydrogen-bond acceptors (Lipinski definition) is 3. The van der Waals surface area contributed by atoms with E-state index in [0.29, 0.717) is 24.4 Å². The molecule has 1 heterocycles. The molecule has 1 aromatic carbocycles. The highest BCUT2D eigenvalue weighted by Crippen LogP contribution is 2.31. The lowest BCUT2D eigenvalue weighted by Crippen LogP contribution is -2.42. The fraction of sp³-hybridized carbons (Fsp3) is 0.500. The van der Waals surface area contributed by atoms with Crippen molar-refractivity contribution in [2.75, 3.05) is 6.61 Å². The minimum atomic E-state index is 0.297. The second-order valence-corrected chi connectivity index (χ2v) is 4.29. The summed E-state index contributed by atoms with van der Waals surface area (Å²) in [5.74, 6) is 1.15. The number of aromatic hydroxyl groups is 1. The first-order valence-corrected chi connectivity index (χ1v) is 5.36. The second kappa shape index (κ2) is 4.11. The van der Waals surface area contributed by atoms with Crippen LogP contribution in [0.15, 0.2) is 18.2 Å². The zero-order valence-electron chi connectivity index (χ0n) is 9.16. The van der Waals surface area contributed by atoms with Gasteiger partial charge in [0, 0.05) is 17.6 Å². The van der Waals surface area contributed by atoms with E-state index < -0.39 is 0 Å². The van der Waals surface area contributed by atoms with E-state index in [9.17, 15) is 5.11 Å². The van der Waals surface area contributed by atoms with Gasteiger partial charge in [-0.05, 0) is 18.6 Å². The van der Waals surface area contributed by atoms with Gasteiger partial charge >= 0.3 is 0 Å². The van der Waals surface area contributed by atoms with Crippen LogP contribution < -0.4 is 10.1 Å². The van der Waals surface area contributed by atoms with Gasteiger partial charge in [0.2, 0.25) is 0 Å². The van der Waals surface area contributed by atoms with Crippen molar-refractivity contribution in [1.82, 2.24) is 5.32 Å². The van der Waals surface area contributed by atoms with Crippen LogP contribution >= 0.6 is 0 Å². The molecule has 0 spiro atoms. The molecule has 0 aliphatic carbocycles. The van der Waals surface area contributed by atoms with Crippen molar-refractivity contribution < 1.29 is 9.84 Å². The Morgan fingerprint density at radius 3 is 3.00 bits per heavy atom. The maximum Gasteiger partial charge on any atom is 0.126 e. The fourth-order valence-electron chi connectivity index (χ4n) is 1.97. The zero-order chi connectivity index (χ0) is 10.8. The Morgan fingerprint density at radius 2 is 2.27 bits per heavy atom. The number of phenolic OH excluding ortho intramolecular Hbond substituents is 1. The summed E-state index contributed by atoms with van der Waals surface area (Å²) in [7, 11) is 0. The minimum absolute atomic E-state index is 0.297. The molecule has 1 aromatic rings. The summed E-state index contributed by atoms with van der Waals surface area (Å²) < 4.78 is 5.60. The lowest BCUT2D eigenvalue weighted by molar-refractivity contribution is 0.228. The summed E-state index contributed by atoms with van der Waals surface area (Å²) in [5, 5.41) is 13.1. The average molecular weight is 207 g/mol. The van der Waals surface area contributed by atoms with Crippen molar-refractivity contribution >= 4 is 0 Å². The molecular formula is C12H17NO2. The van der Waals surface area contributed by atoms with Crippen LogP contribution in [0.4, 0.5) is 0 Å². The van der Waals surface area contributed by atoms with Gasteiger partial charge < -0.3 is 15.2 Å². The molecule has 0 unspecified atom stereocenters. The molecule has 0 aromatic heterocycles. The molecule has 1 atom stereocenters. The quantitative estimate of drug-likeness (QED) is 0.775. The summed E-state index contributed by atoms with van der Waals surface area (Å²) in [4.78, 5) is 0. The van der Waals surface area contributed by atoms with Crippen molar-refractivity contribution in [3.05, 3.63) is 23.8 Å². The molecular weight excluding hydrogens is 190 g/mol. The molecule has 0 fully saturated rings. The topological polar surface area (TPSA) is 41.5 Å². The molecule has 0 saturated carbocycles. The highest BCUT2D eigenvalue weighted by Gasteiger charge is 2.22. The Hall–Kier alpha value is -1.22. The van der Waals surface area contributed by atoms with Crippen LogP contribution in [0.1, 0.15) is 19.4 Å². The normalized spacial score (nSPS) is 19.8. The summed E-state index contributed by atoms with van der Waals surface area (Å²) in [6.45, 7) is 4.90. The highest BCUT2D eigenvalue weighted by atomic mass is 16.5. The zero-order valence-corrected chi connectivity index (χ0v) is 9.16. The molecule has 1 aliphatic rings. The van der Waals surface area contributed by atoms with E-state index in [1.165, 1.54) is 0 Å². The van der Waals surface area contributed by atoms with Crippen molar-refractivity contribution in [2.24, 2.45) is 0 Å². The van der Waals surface area contributed by atoms with Crippen LogP contribution in [0.5, 0.6) is 11.5 Å². The molecule has 1 aliphatic heterocycles. The summed E-state index contributed by atoms with van der Waals surface area (Å²) in [6, 6.07) is 6.15. The van der Waals surface area contributed by atoms with E-state index in [4.69, 9.17) is 4.74 Å². The maximum absolute atomic E-state index is 9.70. The van der Waals surface area contributed by atoms with Gasteiger partial charge in [0.25, 0.3) is 0 Å². The van der Waals surface area contributed by atoms with Crippen molar-refractivity contribution in [2.45, 2.75) is 32.4 Å². The van der Waals surface area contributed by atoms with Crippen molar-refractivity contribution in [3.8, 4) is 11.5 Å². The lowest BCUT2D eigenvalue weighted by atomic mass is 10.0. The third kappa shape index (κ3) is 2.23. The van der Waals surface area contributed by atoms with Crippen molar-refractivity contribution in [1.29, 1.82) is 0 Å². The van der Waals surface area contributed by atoms with Crippen LogP contribution in [-0.4, -0.2) is 23.8 Å². The fourth-order valence-corrected chi connectivity index (χ4v) is 1.97. The summed E-state index contributed by atoms with van der Waals surface area (Å²) in [6.07, 6.45) is 0.834. The van der Waals surface area contributed by atoms with Gasteiger partial charge in [-0.2, -0.15) is 0 Å². The standard InChI is InChI=1S/C12H17NO2/c1-8(2)13-9-6-10-11(14)4-3-5-12(10)15-7-9/h3-5,8-9,13-14H,6-7H2,1-2H3/t9-/m1/s1. The van der Waals surface area contributed by atoms with E-state index in [0.717, 1.165) is 17.7 Å². The number of rotatable bonds is 2. The number of fused-ring (bicyclic) bond motifs is 1. The molecule has 0 saturated heterocycles. The first kappa shape index (κ1) is 10.3. The summed E-state index contributed by atoms with van der Waals surface area (Å²) in [5.41, 5.74) is 0.918. The van der Waals surface area contributed by atoms with E-state index in [-0.39, 0.29) is 0 Å². The van der Waals surface area contributed by atoms with Gasteiger partial charge in [-0.3, -0.25) is 0 Å². The number of ether oxygens (including phenoxy) is 1. The predicted octanol–water partition coefficient (Wildman–Crippen LogP) is 1.69. The number of benzene rings is 1. The third-order valence-corrected chi connectivity index (χ3v) is 2.57. The molecule has 15 heavy (non-hydrogen) atoms. The van der Waals surface area contributed by atoms with Crippen LogP contribution in [0.25, 0.3) is 0 Å². The molecule has 2 N–H and O–H groups in total. The smallest absolute Gasteiger partial charge is 0.126 e. The first-order valence-electron chi connectivity index (χ1n) is 5.36. The van der Waals surface area contributed by atoms with Gasteiger partial charge in [0.1, 0.15) is 18.1 Å². The van der Waals surface area contributed by atoms with Gasteiger partial charge in [-0.1, -0.05) is 19.9 Å². The SMILES string of the molecule is CC(C)N[C@H]1COc2cccc(O)c2C1. The van der Waals surface area contributed by atoms with E-state index in [1.54, 1.807) is 6.07 Å². The Labute approximate surface area is 90.1 Å². The number of hydrogen-bond donors (Lipinski definition) is 2. The number of phenols is 1. The highest BCUT2D eigenvalue weighted by molar-refractivity contribution is 5.45. The van der Waals surface area contributed by atoms with E-state index in [2.05, 4.69) is 19.2 Å². The predicted molar refractivity (Wildman–Crippen MR) is 59.4 cm³/mol. The molecule has 3 heteroatoms. The van der Waals surface area contributed by atoms with E-state index in [1.807, 2.05) is 12.1 Å². The molecule has 0 radical (unpaired) electrons. The Kier molecular flexibility index (Phi) is 2.82. The largest absolute Gasteiger partial charge is 0.508 e. The molecule has 0 amide bonds. The van der Waals surface area contributed by atoms with Crippen LogP contribution in [0.2, 0.25) is 0 Å². The third-order valence-electron chi connectivity index (χ3n) is 2.57. The number of nitrogens with one attached hydrogen (secondary N) is 1. The van der Waals surface area contributed by atoms with E-state index >= 15 is 0 Å². The van der Waals surface area contributed by atoms with Crippen molar-refractivity contribution in [3.63, 3.8) is 0 Å². The minimum Gasteiger partial charge on any atom is -0.508 e. The van der Waals surface area contributed by atoms with Crippen LogP contribution in [0, 0.1) is 0 Å². The van der Waals surface area contributed by atoms with Gasteiger partial charge in [-0.25, -0.2) is 0 Å². The molecule has 3 nitrogen and oxygen atoms in total. The average Bonchev–Trinajstić information content (AvgIpc) is 2.18. The van der Waals surface area contributed by atoms with Crippen LogP contribution in [0.3, 0.4) is 0 Å². The Morgan fingerprint density at radius 1 is 1.47 bits per heavy atom.